The van der Waals surface area contributed by atoms with Gasteiger partial charge in [0.25, 0.3) is 5.91 Å². The van der Waals surface area contributed by atoms with Gasteiger partial charge in [0.1, 0.15) is 24.1 Å². The number of nitrogens with one attached hydrogen (secondary N) is 3. The molecule has 0 bridgehead atoms. The van der Waals surface area contributed by atoms with E-state index in [-0.39, 0.29) is 30.5 Å². The summed E-state index contributed by atoms with van der Waals surface area (Å²) in [4.78, 5) is 26.7. The smallest absolute Gasteiger partial charge is 0.268 e. The van der Waals surface area contributed by atoms with Crippen LogP contribution in [0.15, 0.2) is 65.6 Å². The summed E-state index contributed by atoms with van der Waals surface area (Å²) >= 11 is 0. The third kappa shape index (κ3) is 4.96. The van der Waals surface area contributed by atoms with Crippen molar-refractivity contribution in [3.05, 3.63) is 71.2 Å². The Kier molecular flexibility index (Phi) is 7.03. The lowest BCUT2D eigenvalue weighted by molar-refractivity contribution is -0.132. The molecule has 4 N–H and O–H groups in total. The topological polar surface area (TPSA) is 115 Å². The number of rotatable bonds is 8. The number of allylic oxidation sites excluding steroid dienone is 4. The van der Waals surface area contributed by atoms with Crippen molar-refractivity contribution in [3.63, 3.8) is 0 Å². The van der Waals surface area contributed by atoms with Crippen molar-refractivity contribution in [2.24, 2.45) is 0 Å². The standard InChI is InChI=1S/C22H26N4O4/c1-24-20(21(28)25-19-9-10-26(11-12-27)22(19)29)17-13-16(7-8-18(17)23)30-14-15-5-3-2-4-6-15/h2-8,13,19,23-24,27H,9-12,14H2,1H3,(H,25,28)/b20-17-,23-18?. The van der Waals surface area contributed by atoms with Gasteiger partial charge >= 0.3 is 0 Å². The molecule has 0 aromatic heterocycles. The molecule has 1 fully saturated rings. The van der Waals surface area contributed by atoms with E-state index in [2.05, 4.69) is 10.6 Å². The Morgan fingerprint density at radius 2 is 2.07 bits per heavy atom. The third-order valence-electron chi connectivity index (χ3n) is 4.96. The van der Waals surface area contributed by atoms with E-state index in [1.54, 1.807) is 25.3 Å². The van der Waals surface area contributed by atoms with Gasteiger partial charge in [-0.25, -0.2) is 0 Å². The summed E-state index contributed by atoms with van der Waals surface area (Å²) in [7, 11) is 1.60. The molecule has 0 saturated carbocycles. The van der Waals surface area contributed by atoms with E-state index in [4.69, 9.17) is 15.3 Å². The summed E-state index contributed by atoms with van der Waals surface area (Å²) in [6.45, 7) is 1.01. The first-order valence-corrected chi connectivity index (χ1v) is 9.81. The van der Waals surface area contributed by atoms with Crippen molar-refractivity contribution in [2.45, 2.75) is 19.1 Å². The maximum Gasteiger partial charge on any atom is 0.268 e. The number of carbonyl (C=O) groups is 2. The summed E-state index contributed by atoms with van der Waals surface area (Å²) < 4.78 is 5.81. The third-order valence-corrected chi connectivity index (χ3v) is 4.96. The molecular formula is C22H26N4O4. The van der Waals surface area contributed by atoms with Gasteiger partial charge in [0, 0.05) is 25.7 Å². The molecule has 1 aromatic rings. The van der Waals surface area contributed by atoms with E-state index < -0.39 is 11.9 Å². The maximum atomic E-state index is 12.8. The van der Waals surface area contributed by atoms with E-state index in [1.807, 2.05) is 30.3 Å². The van der Waals surface area contributed by atoms with Gasteiger partial charge in [-0.2, -0.15) is 0 Å². The van der Waals surface area contributed by atoms with E-state index in [0.29, 0.717) is 30.9 Å². The molecule has 1 heterocycles. The summed E-state index contributed by atoms with van der Waals surface area (Å²) in [6.07, 6.45) is 5.39. The van der Waals surface area contributed by atoms with Gasteiger partial charge in [-0.05, 0) is 30.2 Å². The Labute approximate surface area is 175 Å². The average Bonchev–Trinajstić information content (AvgIpc) is 3.09. The Balaban J connectivity index is 1.73. The fourth-order valence-corrected chi connectivity index (χ4v) is 3.38. The Morgan fingerprint density at radius 3 is 2.77 bits per heavy atom. The van der Waals surface area contributed by atoms with Gasteiger partial charge in [-0.15, -0.1) is 0 Å². The molecule has 1 aromatic carbocycles. The zero-order valence-corrected chi connectivity index (χ0v) is 16.9. The highest BCUT2D eigenvalue weighted by Crippen LogP contribution is 2.19. The van der Waals surface area contributed by atoms with Crippen molar-refractivity contribution >= 4 is 17.5 Å². The van der Waals surface area contributed by atoms with Crippen LogP contribution in [-0.2, 0) is 20.9 Å². The summed E-state index contributed by atoms with van der Waals surface area (Å²) in [6, 6.07) is 9.06. The molecule has 2 aliphatic rings. The number of likely N-dealkylation sites (tertiary alicyclic amines) is 1. The highest BCUT2D eigenvalue weighted by molar-refractivity contribution is 6.15. The predicted molar refractivity (Wildman–Crippen MR) is 112 cm³/mol. The number of hydrogen-bond acceptors (Lipinski definition) is 6. The quantitative estimate of drug-likeness (QED) is 0.475. The van der Waals surface area contributed by atoms with Crippen LogP contribution in [0.1, 0.15) is 12.0 Å². The van der Waals surface area contributed by atoms with Gasteiger partial charge in [0.05, 0.1) is 12.3 Å². The minimum Gasteiger partial charge on any atom is -0.489 e. The molecule has 1 unspecified atom stereocenters. The average molecular weight is 410 g/mol. The van der Waals surface area contributed by atoms with E-state index >= 15 is 0 Å². The van der Waals surface area contributed by atoms with Crippen molar-refractivity contribution in [2.75, 3.05) is 26.7 Å². The number of hydrogen-bond donors (Lipinski definition) is 4. The second kappa shape index (κ2) is 9.89. The normalized spacial score (nSPS) is 20.1. The maximum absolute atomic E-state index is 12.8. The zero-order valence-electron chi connectivity index (χ0n) is 16.9. The first-order valence-electron chi connectivity index (χ1n) is 9.81. The molecule has 158 valence electrons. The summed E-state index contributed by atoms with van der Waals surface area (Å²) in [5.74, 6) is -0.134. The molecule has 0 spiro atoms. The number of amides is 2. The van der Waals surface area contributed by atoms with Crippen molar-refractivity contribution in [1.29, 1.82) is 5.41 Å². The molecule has 1 aliphatic carbocycles. The molecule has 8 heteroatoms. The van der Waals surface area contributed by atoms with Gasteiger partial charge in [-0.1, -0.05) is 30.3 Å². The van der Waals surface area contributed by atoms with Crippen LogP contribution in [0.25, 0.3) is 0 Å². The number of carbonyl (C=O) groups excluding carboxylic acids is 2. The zero-order chi connectivity index (χ0) is 21.5. The lowest BCUT2D eigenvalue weighted by Gasteiger charge is -2.19. The van der Waals surface area contributed by atoms with Crippen LogP contribution < -0.4 is 10.6 Å². The lowest BCUT2D eigenvalue weighted by Crippen LogP contribution is -2.44. The number of β-amino-alcohol motifs (C(OH)–C–C–N with tert-alkyl or cyclic N) is 1. The highest BCUT2D eigenvalue weighted by atomic mass is 16.5. The highest BCUT2D eigenvalue weighted by Gasteiger charge is 2.33. The Bertz CT molecular complexity index is 905. The van der Waals surface area contributed by atoms with Crippen molar-refractivity contribution in [3.8, 4) is 0 Å². The molecule has 3 rings (SSSR count). The van der Waals surface area contributed by atoms with Gasteiger partial charge in [-0.3, -0.25) is 9.59 Å². The number of aliphatic hydroxyl groups excluding tert-OH is 1. The van der Waals surface area contributed by atoms with Crippen molar-refractivity contribution in [1.82, 2.24) is 15.5 Å². The minimum atomic E-state index is -0.640. The van der Waals surface area contributed by atoms with Crippen LogP contribution in [0, 0.1) is 5.41 Å². The number of nitrogens with zero attached hydrogens (tertiary/aromatic N) is 1. The van der Waals surface area contributed by atoms with Crippen LogP contribution in [0.3, 0.4) is 0 Å². The second-order valence-electron chi connectivity index (χ2n) is 6.97. The molecule has 2 amide bonds. The first-order chi connectivity index (χ1) is 14.5. The molecule has 30 heavy (non-hydrogen) atoms. The van der Waals surface area contributed by atoms with Crippen LogP contribution >= 0.6 is 0 Å². The minimum absolute atomic E-state index is 0.113. The van der Waals surface area contributed by atoms with Gasteiger partial charge in [0.2, 0.25) is 5.91 Å². The number of aliphatic hydroxyl groups is 1. The number of benzene rings is 1. The molecule has 8 nitrogen and oxygen atoms in total. The first kappa shape index (κ1) is 21.3. The van der Waals surface area contributed by atoms with Crippen LogP contribution in [0.4, 0.5) is 0 Å². The molecule has 1 aliphatic heterocycles. The molecule has 0 radical (unpaired) electrons. The number of ether oxygens (including phenoxy) is 1. The van der Waals surface area contributed by atoms with Crippen LogP contribution in [0.5, 0.6) is 0 Å². The van der Waals surface area contributed by atoms with Crippen LogP contribution in [-0.4, -0.2) is 60.3 Å². The van der Waals surface area contributed by atoms with Crippen molar-refractivity contribution < 1.29 is 19.4 Å². The summed E-state index contributed by atoms with van der Waals surface area (Å²) in [5.41, 5.74) is 1.76. The Hall–Kier alpha value is -3.39. The second-order valence-corrected chi connectivity index (χ2v) is 6.97. The fourth-order valence-electron chi connectivity index (χ4n) is 3.38. The van der Waals surface area contributed by atoms with E-state index in [1.165, 1.54) is 4.90 Å². The summed E-state index contributed by atoms with van der Waals surface area (Å²) in [5, 5.41) is 22.8. The van der Waals surface area contributed by atoms with Crippen LogP contribution in [0.2, 0.25) is 0 Å². The SMILES string of the molecule is CN/C(C(=O)NC1CCN(CCO)C1=O)=C1/C=C(OCc2ccccc2)C=CC1=N. The van der Waals surface area contributed by atoms with E-state index in [0.717, 1.165) is 5.56 Å². The van der Waals surface area contributed by atoms with E-state index in [9.17, 15) is 9.59 Å². The lowest BCUT2D eigenvalue weighted by atomic mass is 10.0. The Morgan fingerprint density at radius 1 is 1.30 bits per heavy atom. The molecule has 1 atom stereocenters. The largest absolute Gasteiger partial charge is 0.489 e. The van der Waals surface area contributed by atoms with Gasteiger partial charge in [0.15, 0.2) is 0 Å². The number of likely N-dealkylation sites (N-methyl/N-ethyl adjacent to an activating group) is 1. The monoisotopic (exact) mass is 410 g/mol. The fraction of sp³-hybridized carbons (Fsp3) is 0.318. The molecular weight excluding hydrogens is 384 g/mol. The van der Waals surface area contributed by atoms with Gasteiger partial charge < -0.3 is 30.8 Å². The molecule has 1 saturated heterocycles. The predicted octanol–water partition coefficient (Wildman–Crippen LogP) is 0.860.